The lowest BCUT2D eigenvalue weighted by Gasteiger charge is -2.18. The highest BCUT2D eigenvalue weighted by Crippen LogP contribution is 2.30. The SMILES string of the molecule is CC(=O)N(c1nc(/C=C/C(=O)NCc2cn3c(n2)CCCC3)cs1)c1ccccc1F. The predicted octanol–water partition coefficient (Wildman–Crippen LogP) is 3.83. The van der Waals surface area contributed by atoms with Crippen molar-refractivity contribution in [2.45, 2.75) is 39.3 Å². The van der Waals surface area contributed by atoms with Crippen LogP contribution in [-0.2, 0) is 29.1 Å². The number of anilines is 2. The second-order valence-corrected chi connectivity index (χ2v) is 8.05. The standard InChI is InChI=1S/C22H22FN5O2S/c1-15(29)28(19-7-3-2-6-18(19)23)22-26-16(14-31-22)9-10-21(30)24-12-17-13-27-11-5-4-8-20(27)25-17/h2-3,6-7,9-10,13-14H,4-5,8,11-12H2,1H3,(H,24,30)/b10-9+. The molecule has 3 aromatic rings. The van der Waals surface area contributed by atoms with Gasteiger partial charge in [0.05, 0.1) is 23.6 Å². The number of halogens is 1. The molecule has 1 aromatic carbocycles. The first-order valence-electron chi connectivity index (χ1n) is 10.0. The maximum Gasteiger partial charge on any atom is 0.244 e. The average Bonchev–Trinajstić information content (AvgIpc) is 3.39. The Hall–Kier alpha value is -3.33. The lowest BCUT2D eigenvalue weighted by atomic mass is 10.2. The van der Waals surface area contributed by atoms with E-state index in [1.807, 2.05) is 6.20 Å². The number of hydrogen-bond donors (Lipinski definition) is 1. The number of amides is 2. The molecular weight excluding hydrogens is 417 g/mol. The number of carbonyl (C=O) groups is 2. The molecule has 0 unspecified atom stereocenters. The number of para-hydroxylation sites is 1. The van der Waals surface area contributed by atoms with Crippen LogP contribution in [0.3, 0.4) is 0 Å². The highest BCUT2D eigenvalue weighted by atomic mass is 32.1. The van der Waals surface area contributed by atoms with E-state index in [-0.39, 0.29) is 17.5 Å². The van der Waals surface area contributed by atoms with Gasteiger partial charge in [-0.1, -0.05) is 12.1 Å². The Bertz CT molecular complexity index is 1110. The van der Waals surface area contributed by atoms with Crippen molar-refractivity contribution in [1.29, 1.82) is 0 Å². The summed E-state index contributed by atoms with van der Waals surface area (Å²) in [5.41, 5.74) is 1.49. The number of nitrogens with one attached hydrogen (secondary N) is 1. The fraction of sp³-hybridized carbons (Fsp3) is 0.273. The summed E-state index contributed by atoms with van der Waals surface area (Å²) >= 11 is 1.20. The summed E-state index contributed by atoms with van der Waals surface area (Å²) in [6.07, 6.45) is 8.22. The molecule has 3 heterocycles. The van der Waals surface area contributed by atoms with E-state index in [9.17, 15) is 14.0 Å². The molecule has 0 atom stereocenters. The number of carbonyl (C=O) groups excluding carboxylic acids is 2. The van der Waals surface area contributed by atoms with Gasteiger partial charge in [0.2, 0.25) is 11.8 Å². The molecular formula is C22H22FN5O2S. The van der Waals surface area contributed by atoms with Gasteiger partial charge in [0.1, 0.15) is 11.6 Å². The first-order valence-corrected chi connectivity index (χ1v) is 10.9. The van der Waals surface area contributed by atoms with Crippen LogP contribution in [0.4, 0.5) is 15.2 Å². The normalized spacial score (nSPS) is 13.2. The second kappa shape index (κ2) is 9.22. The summed E-state index contributed by atoms with van der Waals surface area (Å²) in [5.74, 6) is -0.0511. The highest BCUT2D eigenvalue weighted by Gasteiger charge is 2.20. The molecule has 0 bridgehead atoms. The van der Waals surface area contributed by atoms with Gasteiger partial charge in [-0.05, 0) is 31.1 Å². The maximum absolute atomic E-state index is 14.2. The molecule has 0 radical (unpaired) electrons. The first-order chi connectivity index (χ1) is 15.0. The minimum atomic E-state index is -0.509. The van der Waals surface area contributed by atoms with Crippen molar-refractivity contribution in [2.24, 2.45) is 0 Å². The van der Waals surface area contributed by atoms with Crippen LogP contribution in [0.2, 0.25) is 0 Å². The lowest BCUT2D eigenvalue weighted by molar-refractivity contribution is -0.117. The number of hydrogen-bond acceptors (Lipinski definition) is 5. The molecule has 9 heteroatoms. The summed E-state index contributed by atoms with van der Waals surface area (Å²) in [7, 11) is 0. The predicted molar refractivity (Wildman–Crippen MR) is 117 cm³/mol. The van der Waals surface area contributed by atoms with Crippen molar-refractivity contribution in [2.75, 3.05) is 4.90 Å². The molecule has 1 N–H and O–H groups in total. The molecule has 160 valence electrons. The molecule has 7 nitrogen and oxygen atoms in total. The Morgan fingerprint density at radius 3 is 2.90 bits per heavy atom. The van der Waals surface area contributed by atoms with Crippen LogP contribution in [0.5, 0.6) is 0 Å². The number of benzene rings is 1. The third kappa shape index (κ3) is 4.88. The van der Waals surface area contributed by atoms with Crippen molar-refractivity contribution in [3.63, 3.8) is 0 Å². The highest BCUT2D eigenvalue weighted by molar-refractivity contribution is 7.14. The monoisotopic (exact) mass is 439 g/mol. The van der Waals surface area contributed by atoms with Crippen molar-refractivity contribution in [3.8, 4) is 0 Å². The zero-order chi connectivity index (χ0) is 21.8. The zero-order valence-corrected chi connectivity index (χ0v) is 17.9. The lowest BCUT2D eigenvalue weighted by Crippen LogP contribution is -2.23. The van der Waals surface area contributed by atoms with Gasteiger partial charge in [-0.3, -0.25) is 14.5 Å². The van der Waals surface area contributed by atoms with Gasteiger partial charge >= 0.3 is 0 Å². The number of imidazole rings is 1. The molecule has 0 spiro atoms. The van der Waals surface area contributed by atoms with Gasteiger partial charge in [-0.25, -0.2) is 14.4 Å². The molecule has 1 aliphatic rings. The Morgan fingerprint density at radius 1 is 1.29 bits per heavy atom. The average molecular weight is 440 g/mol. The van der Waals surface area contributed by atoms with Crippen LogP contribution in [0, 0.1) is 5.82 Å². The van der Waals surface area contributed by atoms with E-state index < -0.39 is 5.82 Å². The fourth-order valence-electron chi connectivity index (χ4n) is 3.45. The molecule has 4 rings (SSSR count). The van der Waals surface area contributed by atoms with Crippen LogP contribution in [0.25, 0.3) is 6.08 Å². The molecule has 2 amide bonds. The van der Waals surface area contributed by atoms with Gasteiger partial charge in [0.25, 0.3) is 0 Å². The fourth-order valence-corrected chi connectivity index (χ4v) is 4.30. The van der Waals surface area contributed by atoms with Crippen LogP contribution in [0.1, 0.15) is 37.0 Å². The molecule has 31 heavy (non-hydrogen) atoms. The van der Waals surface area contributed by atoms with Gasteiger partial charge in [0.15, 0.2) is 5.13 Å². The molecule has 0 fully saturated rings. The van der Waals surface area contributed by atoms with Gasteiger partial charge in [0, 0.05) is 37.5 Å². The topological polar surface area (TPSA) is 80.1 Å². The molecule has 0 saturated carbocycles. The van der Waals surface area contributed by atoms with Crippen molar-refractivity contribution >= 4 is 40.0 Å². The Labute approximate surface area is 183 Å². The quantitative estimate of drug-likeness (QED) is 0.592. The van der Waals surface area contributed by atoms with E-state index in [2.05, 4.69) is 19.9 Å². The number of fused-ring (bicyclic) bond motifs is 1. The van der Waals surface area contributed by atoms with E-state index in [0.717, 1.165) is 37.3 Å². The molecule has 0 aliphatic carbocycles. The summed E-state index contributed by atoms with van der Waals surface area (Å²) in [6, 6.07) is 6.03. The van der Waals surface area contributed by atoms with Crippen LogP contribution < -0.4 is 10.2 Å². The summed E-state index contributed by atoms with van der Waals surface area (Å²) in [6.45, 7) is 2.69. The van der Waals surface area contributed by atoms with E-state index >= 15 is 0 Å². The number of aromatic nitrogens is 3. The summed E-state index contributed by atoms with van der Waals surface area (Å²) in [4.78, 5) is 34.4. The minimum absolute atomic E-state index is 0.139. The molecule has 2 aromatic heterocycles. The number of aryl methyl sites for hydroxylation is 2. The van der Waals surface area contributed by atoms with Gasteiger partial charge < -0.3 is 9.88 Å². The Morgan fingerprint density at radius 2 is 2.13 bits per heavy atom. The molecule has 0 saturated heterocycles. The number of nitrogens with zero attached hydrogens (tertiary/aromatic N) is 4. The smallest absolute Gasteiger partial charge is 0.244 e. The Balaban J connectivity index is 1.39. The van der Waals surface area contributed by atoms with Crippen molar-refractivity contribution in [3.05, 3.63) is 64.9 Å². The first kappa shape index (κ1) is 20.9. The Kier molecular flexibility index (Phi) is 6.22. The minimum Gasteiger partial charge on any atom is -0.347 e. The van der Waals surface area contributed by atoms with Crippen molar-refractivity contribution in [1.82, 2.24) is 19.9 Å². The van der Waals surface area contributed by atoms with Crippen LogP contribution in [-0.4, -0.2) is 26.3 Å². The van der Waals surface area contributed by atoms with E-state index in [1.165, 1.54) is 41.4 Å². The van der Waals surface area contributed by atoms with Gasteiger partial charge in [-0.15, -0.1) is 11.3 Å². The third-order valence-corrected chi connectivity index (χ3v) is 5.76. The van der Waals surface area contributed by atoms with E-state index in [0.29, 0.717) is 17.4 Å². The summed E-state index contributed by atoms with van der Waals surface area (Å²) in [5, 5.41) is 4.86. The maximum atomic E-state index is 14.2. The third-order valence-electron chi connectivity index (χ3n) is 4.92. The second-order valence-electron chi connectivity index (χ2n) is 7.21. The van der Waals surface area contributed by atoms with E-state index in [1.54, 1.807) is 23.6 Å². The number of thiazole rings is 1. The largest absolute Gasteiger partial charge is 0.347 e. The van der Waals surface area contributed by atoms with E-state index in [4.69, 9.17) is 0 Å². The van der Waals surface area contributed by atoms with Crippen LogP contribution >= 0.6 is 11.3 Å². The number of rotatable bonds is 6. The molecule has 1 aliphatic heterocycles. The van der Waals surface area contributed by atoms with Crippen LogP contribution in [0.15, 0.2) is 41.9 Å². The van der Waals surface area contributed by atoms with Gasteiger partial charge in [-0.2, -0.15) is 0 Å². The summed E-state index contributed by atoms with van der Waals surface area (Å²) < 4.78 is 16.3. The zero-order valence-electron chi connectivity index (χ0n) is 17.0. The van der Waals surface area contributed by atoms with Crippen molar-refractivity contribution < 1.29 is 14.0 Å².